The zero-order valence-corrected chi connectivity index (χ0v) is 13.1. The molecule has 1 aliphatic heterocycles. The first-order chi connectivity index (χ1) is 10.6. The third-order valence-corrected chi connectivity index (χ3v) is 4.60. The van der Waals surface area contributed by atoms with Gasteiger partial charge in [0.2, 0.25) is 0 Å². The largest absolute Gasteiger partial charge is 0.394 e. The summed E-state index contributed by atoms with van der Waals surface area (Å²) in [5.74, 6) is 0.750. The molecule has 2 fully saturated rings. The summed E-state index contributed by atoms with van der Waals surface area (Å²) in [6, 6.07) is -0.0783. The van der Waals surface area contributed by atoms with E-state index in [2.05, 4.69) is 20.8 Å². The van der Waals surface area contributed by atoms with Crippen molar-refractivity contribution in [2.24, 2.45) is 0 Å². The topological polar surface area (TPSA) is 96.2 Å². The van der Waals surface area contributed by atoms with E-state index in [4.69, 9.17) is 0 Å². The van der Waals surface area contributed by atoms with Crippen LogP contribution in [0, 0.1) is 0 Å². The molecule has 1 aromatic heterocycles. The minimum atomic E-state index is -0.171. The van der Waals surface area contributed by atoms with Gasteiger partial charge in [-0.15, -0.1) is 5.10 Å². The number of aromatic nitrogens is 4. The summed E-state index contributed by atoms with van der Waals surface area (Å²) in [4.78, 5) is 14.2. The molecule has 0 unspecified atom stereocenters. The Morgan fingerprint density at radius 2 is 2.14 bits per heavy atom. The van der Waals surface area contributed by atoms with E-state index in [-0.39, 0.29) is 30.8 Å². The van der Waals surface area contributed by atoms with Gasteiger partial charge in [-0.25, -0.2) is 9.48 Å². The standard InChI is InChI=1S/C14H24N6O2/c1-9(2)15-14(22)19-11(8-21)6-7-12(19)13-16-17-18-20(13)10-4-3-5-10/h9-12,21H,3-8H2,1-2H3,(H,15,22)/t11-,12-/m0/s1. The molecule has 8 heteroatoms. The first-order valence-corrected chi connectivity index (χ1v) is 8.09. The Morgan fingerprint density at radius 1 is 1.36 bits per heavy atom. The highest BCUT2D eigenvalue weighted by molar-refractivity contribution is 5.75. The van der Waals surface area contributed by atoms with Crippen molar-refractivity contribution in [3.8, 4) is 0 Å². The van der Waals surface area contributed by atoms with Crippen LogP contribution in [0.1, 0.15) is 63.9 Å². The lowest BCUT2D eigenvalue weighted by atomic mass is 9.93. The van der Waals surface area contributed by atoms with Crippen molar-refractivity contribution in [2.75, 3.05) is 6.61 Å². The summed E-state index contributed by atoms with van der Waals surface area (Å²) in [5, 5.41) is 24.6. The number of nitrogens with zero attached hydrogens (tertiary/aromatic N) is 5. The molecule has 3 rings (SSSR count). The average Bonchev–Trinajstić information content (AvgIpc) is 3.01. The van der Waals surface area contributed by atoms with Crippen molar-refractivity contribution in [1.29, 1.82) is 0 Å². The smallest absolute Gasteiger partial charge is 0.318 e. The minimum Gasteiger partial charge on any atom is -0.394 e. The number of tetrazole rings is 1. The maximum absolute atomic E-state index is 12.5. The maximum atomic E-state index is 12.5. The van der Waals surface area contributed by atoms with Gasteiger partial charge in [-0.3, -0.25) is 0 Å². The second-order valence-corrected chi connectivity index (χ2v) is 6.51. The first-order valence-electron chi connectivity index (χ1n) is 8.09. The molecular formula is C14H24N6O2. The highest BCUT2D eigenvalue weighted by Crippen LogP contribution is 2.38. The molecule has 1 saturated heterocycles. The molecule has 0 bridgehead atoms. The molecule has 2 heterocycles. The molecule has 0 aromatic carbocycles. The van der Waals surface area contributed by atoms with Crippen molar-refractivity contribution in [1.82, 2.24) is 30.4 Å². The third kappa shape index (κ3) is 2.67. The summed E-state index contributed by atoms with van der Waals surface area (Å²) in [6.07, 6.45) is 4.93. The zero-order valence-electron chi connectivity index (χ0n) is 13.1. The molecule has 2 aliphatic rings. The highest BCUT2D eigenvalue weighted by Gasteiger charge is 2.41. The van der Waals surface area contributed by atoms with E-state index in [1.54, 1.807) is 4.90 Å². The number of hydrogen-bond donors (Lipinski definition) is 2. The minimum absolute atomic E-state index is 0.0347. The fourth-order valence-corrected chi connectivity index (χ4v) is 3.26. The quantitative estimate of drug-likeness (QED) is 0.865. The number of urea groups is 1. The van der Waals surface area contributed by atoms with Crippen LogP contribution in [0.15, 0.2) is 0 Å². The molecule has 8 nitrogen and oxygen atoms in total. The molecule has 0 spiro atoms. The second-order valence-electron chi connectivity index (χ2n) is 6.51. The van der Waals surface area contributed by atoms with Gasteiger partial charge in [-0.2, -0.15) is 0 Å². The van der Waals surface area contributed by atoms with E-state index in [0.29, 0.717) is 6.04 Å². The first kappa shape index (κ1) is 15.2. The van der Waals surface area contributed by atoms with Gasteiger partial charge < -0.3 is 15.3 Å². The Bertz CT molecular complexity index is 527. The highest BCUT2D eigenvalue weighted by atomic mass is 16.3. The Morgan fingerprint density at radius 3 is 2.73 bits per heavy atom. The van der Waals surface area contributed by atoms with Crippen LogP contribution in [0.5, 0.6) is 0 Å². The molecule has 1 saturated carbocycles. The average molecular weight is 308 g/mol. The number of aliphatic hydroxyl groups excluding tert-OH is 1. The third-order valence-electron chi connectivity index (χ3n) is 4.60. The van der Waals surface area contributed by atoms with Crippen molar-refractivity contribution in [3.63, 3.8) is 0 Å². The molecule has 1 aliphatic carbocycles. The molecule has 1 aromatic rings. The number of carbonyl (C=O) groups is 1. The van der Waals surface area contributed by atoms with Crippen LogP contribution in [0.3, 0.4) is 0 Å². The van der Waals surface area contributed by atoms with Crippen molar-refractivity contribution >= 4 is 6.03 Å². The maximum Gasteiger partial charge on any atom is 0.318 e. The van der Waals surface area contributed by atoms with Crippen molar-refractivity contribution in [3.05, 3.63) is 5.82 Å². The number of rotatable bonds is 4. The Labute approximate surface area is 129 Å². The zero-order chi connectivity index (χ0) is 15.7. The van der Waals surface area contributed by atoms with E-state index in [9.17, 15) is 9.90 Å². The molecule has 2 N–H and O–H groups in total. The summed E-state index contributed by atoms with van der Waals surface area (Å²) in [6.45, 7) is 3.82. The predicted octanol–water partition coefficient (Wildman–Crippen LogP) is 1.01. The van der Waals surface area contributed by atoms with E-state index in [1.807, 2.05) is 18.5 Å². The summed E-state index contributed by atoms with van der Waals surface area (Å²) in [7, 11) is 0. The fourth-order valence-electron chi connectivity index (χ4n) is 3.26. The molecule has 0 radical (unpaired) electrons. The van der Waals surface area contributed by atoms with Crippen LogP contribution in [0.25, 0.3) is 0 Å². The summed E-state index contributed by atoms with van der Waals surface area (Å²) < 4.78 is 1.88. The molecule has 2 atom stereocenters. The molecule has 122 valence electrons. The number of amides is 2. The molecule has 22 heavy (non-hydrogen) atoms. The monoisotopic (exact) mass is 308 g/mol. The van der Waals surface area contributed by atoms with Gasteiger partial charge >= 0.3 is 6.03 Å². The predicted molar refractivity (Wildman–Crippen MR) is 79.1 cm³/mol. The van der Waals surface area contributed by atoms with Crippen molar-refractivity contribution < 1.29 is 9.90 Å². The van der Waals surface area contributed by atoms with Crippen LogP contribution in [0.2, 0.25) is 0 Å². The van der Waals surface area contributed by atoms with Gasteiger partial charge in [-0.05, 0) is 56.4 Å². The lowest BCUT2D eigenvalue weighted by Crippen LogP contribution is -2.48. The van der Waals surface area contributed by atoms with Gasteiger partial charge in [0.15, 0.2) is 5.82 Å². The Hall–Kier alpha value is -1.70. The fraction of sp³-hybridized carbons (Fsp3) is 0.857. The van der Waals surface area contributed by atoms with E-state index in [0.717, 1.165) is 31.5 Å². The van der Waals surface area contributed by atoms with Crippen LogP contribution in [-0.4, -0.2) is 54.9 Å². The number of hydrogen-bond acceptors (Lipinski definition) is 5. The number of nitrogens with one attached hydrogen (secondary N) is 1. The van der Waals surface area contributed by atoms with Crippen LogP contribution in [0.4, 0.5) is 4.79 Å². The van der Waals surface area contributed by atoms with Gasteiger partial charge in [-0.1, -0.05) is 0 Å². The van der Waals surface area contributed by atoms with Gasteiger partial charge in [0, 0.05) is 6.04 Å². The number of likely N-dealkylation sites (tertiary alicyclic amines) is 1. The Balaban J connectivity index is 1.84. The normalized spacial score (nSPS) is 25.5. The Kier molecular flexibility index (Phi) is 4.28. The van der Waals surface area contributed by atoms with E-state index < -0.39 is 0 Å². The van der Waals surface area contributed by atoms with Crippen LogP contribution in [-0.2, 0) is 0 Å². The summed E-state index contributed by atoms with van der Waals surface area (Å²) >= 11 is 0. The van der Waals surface area contributed by atoms with Crippen LogP contribution >= 0.6 is 0 Å². The molecular weight excluding hydrogens is 284 g/mol. The second kappa shape index (κ2) is 6.20. The lowest BCUT2D eigenvalue weighted by Gasteiger charge is -2.32. The van der Waals surface area contributed by atoms with E-state index in [1.165, 1.54) is 6.42 Å². The summed E-state index contributed by atoms with van der Waals surface area (Å²) in [5.41, 5.74) is 0. The molecule has 2 amide bonds. The lowest BCUT2D eigenvalue weighted by molar-refractivity contribution is 0.130. The number of carbonyl (C=O) groups excluding carboxylic acids is 1. The van der Waals surface area contributed by atoms with Gasteiger partial charge in [0.05, 0.1) is 24.7 Å². The van der Waals surface area contributed by atoms with Gasteiger partial charge in [0.25, 0.3) is 0 Å². The van der Waals surface area contributed by atoms with Crippen molar-refractivity contribution in [2.45, 2.75) is 70.1 Å². The van der Waals surface area contributed by atoms with Crippen LogP contribution < -0.4 is 5.32 Å². The number of aliphatic hydroxyl groups is 1. The SMILES string of the molecule is CC(C)NC(=O)N1[C@H](CO)CC[C@H]1c1nnnn1C1CCC1. The van der Waals surface area contributed by atoms with E-state index >= 15 is 0 Å². The van der Waals surface area contributed by atoms with Gasteiger partial charge in [0.1, 0.15) is 0 Å².